The molecule has 4 aromatic rings. The quantitative estimate of drug-likeness (QED) is 0.531. The van der Waals surface area contributed by atoms with Gasteiger partial charge in [0.1, 0.15) is 12.2 Å². The highest BCUT2D eigenvalue weighted by atomic mass is 19.4. The highest BCUT2D eigenvalue weighted by Crippen LogP contribution is 2.28. The lowest BCUT2D eigenvalue weighted by Crippen LogP contribution is -2.28. The highest BCUT2D eigenvalue weighted by Gasteiger charge is 2.30. The Morgan fingerprint density at radius 2 is 2.00 bits per heavy atom. The number of fused-ring (bicyclic) bond motifs is 3. The number of rotatable bonds is 3. The Labute approximate surface area is 160 Å². The van der Waals surface area contributed by atoms with E-state index in [-0.39, 0.29) is 16.6 Å². The van der Waals surface area contributed by atoms with Gasteiger partial charge in [-0.15, -0.1) is 0 Å². The van der Waals surface area contributed by atoms with Gasteiger partial charge in [0.05, 0.1) is 35.4 Å². The lowest BCUT2D eigenvalue weighted by atomic mass is 10.1. The van der Waals surface area contributed by atoms with E-state index in [0.29, 0.717) is 26.7 Å². The molecule has 0 amide bonds. The molecule has 4 rings (SSSR count). The SMILES string of the molecule is COC(=O)c1cccc(-c2ccc3c4[nH]ncc4c(=O)n(CC(F)(F)F)c3c2)n1. The number of carbonyl (C=O) groups excluding carboxylic acids is 1. The third-order valence-corrected chi connectivity index (χ3v) is 4.45. The van der Waals surface area contributed by atoms with Gasteiger partial charge in [-0.2, -0.15) is 18.3 Å². The molecular formula is C19H13F3N4O3. The number of alkyl halides is 3. The maximum Gasteiger partial charge on any atom is 0.406 e. The largest absolute Gasteiger partial charge is 0.464 e. The zero-order valence-electron chi connectivity index (χ0n) is 14.9. The van der Waals surface area contributed by atoms with Crippen LogP contribution in [0.2, 0.25) is 0 Å². The summed E-state index contributed by atoms with van der Waals surface area (Å²) in [5, 5.41) is 6.93. The molecule has 0 atom stereocenters. The number of esters is 1. The van der Waals surface area contributed by atoms with Crippen LogP contribution in [0.1, 0.15) is 10.5 Å². The number of aromatic amines is 1. The van der Waals surface area contributed by atoms with Crippen molar-refractivity contribution < 1.29 is 22.7 Å². The molecule has 0 fully saturated rings. The third kappa shape index (κ3) is 3.33. The first-order valence-corrected chi connectivity index (χ1v) is 8.40. The minimum absolute atomic E-state index is 0.0572. The summed E-state index contributed by atoms with van der Waals surface area (Å²) in [4.78, 5) is 28.5. The van der Waals surface area contributed by atoms with Crippen LogP contribution in [0.4, 0.5) is 13.2 Å². The topological polar surface area (TPSA) is 89.9 Å². The van der Waals surface area contributed by atoms with Gasteiger partial charge < -0.3 is 4.74 Å². The monoisotopic (exact) mass is 402 g/mol. The molecule has 0 spiro atoms. The van der Waals surface area contributed by atoms with Gasteiger partial charge in [0.25, 0.3) is 5.56 Å². The number of pyridine rings is 2. The Morgan fingerprint density at radius 1 is 1.21 bits per heavy atom. The molecule has 0 radical (unpaired) electrons. The Morgan fingerprint density at radius 3 is 2.72 bits per heavy atom. The summed E-state index contributed by atoms with van der Waals surface area (Å²) >= 11 is 0. The van der Waals surface area contributed by atoms with Crippen LogP contribution in [0.25, 0.3) is 33.1 Å². The van der Waals surface area contributed by atoms with Crippen molar-refractivity contribution in [2.45, 2.75) is 12.7 Å². The smallest absolute Gasteiger partial charge is 0.406 e. The molecule has 0 saturated heterocycles. The molecule has 1 N–H and O–H groups in total. The molecule has 0 aliphatic heterocycles. The average Bonchev–Trinajstić information content (AvgIpc) is 3.19. The van der Waals surface area contributed by atoms with Crippen molar-refractivity contribution in [2.75, 3.05) is 7.11 Å². The minimum atomic E-state index is -4.59. The maximum atomic E-state index is 13.1. The first-order chi connectivity index (χ1) is 13.8. The van der Waals surface area contributed by atoms with Crippen LogP contribution >= 0.6 is 0 Å². The maximum absolute atomic E-state index is 13.1. The van der Waals surface area contributed by atoms with Crippen LogP contribution in [0.5, 0.6) is 0 Å². The first kappa shape index (κ1) is 18.7. The van der Waals surface area contributed by atoms with Crippen LogP contribution in [-0.4, -0.2) is 39.0 Å². The van der Waals surface area contributed by atoms with Crippen LogP contribution in [0.3, 0.4) is 0 Å². The van der Waals surface area contributed by atoms with E-state index in [1.807, 2.05) is 0 Å². The van der Waals surface area contributed by atoms with E-state index in [9.17, 15) is 22.8 Å². The molecule has 29 heavy (non-hydrogen) atoms. The summed E-state index contributed by atoms with van der Waals surface area (Å²) in [5.41, 5.74) is 0.481. The Balaban J connectivity index is 1.98. The summed E-state index contributed by atoms with van der Waals surface area (Å²) in [7, 11) is 1.22. The van der Waals surface area contributed by atoms with Gasteiger partial charge in [-0.25, -0.2) is 9.78 Å². The van der Waals surface area contributed by atoms with Gasteiger partial charge in [0, 0.05) is 10.9 Å². The van der Waals surface area contributed by atoms with Crippen LogP contribution in [-0.2, 0) is 11.3 Å². The Hall–Kier alpha value is -3.69. The number of nitrogens with zero attached hydrogens (tertiary/aromatic N) is 3. The molecule has 3 heterocycles. The number of carbonyl (C=O) groups is 1. The van der Waals surface area contributed by atoms with Crippen LogP contribution in [0.15, 0.2) is 47.4 Å². The van der Waals surface area contributed by atoms with E-state index in [1.54, 1.807) is 24.3 Å². The van der Waals surface area contributed by atoms with Crippen molar-refractivity contribution in [1.82, 2.24) is 19.7 Å². The molecule has 1 aromatic carbocycles. The average molecular weight is 402 g/mol. The predicted molar refractivity (Wildman–Crippen MR) is 98.5 cm³/mol. The second-order valence-electron chi connectivity index (χ2n) is 6.30. The van der Waals surface area contributed by atoms with Crippen molar-refractivity contribution >= 4 is 27.8 Å². The Kier molecular flexibility index (Phi) is 4.33. The zero-order chi connectivity index (χ0) is 20.8. The molecule has 0 unspecified atom stereocenters. The van der Waals surface area contributed by atoms with E-state index in [0.717, 1.165) is 0 Å². The van der Waals surface area contributed by atoms with Crippen LogP contribution < -0.4 is 5.56 Å². The molecule has 0 saturated carbocycles. The number of methoxy groups -OCH3 is 1. The van der Waals surface area contributed by atoms with Crippen molar-refractivity contribution in [1.29, 1.82) is 0 Å². The van der Waals surface area contributed by atoms with Gasteiger partial charge in [-0.3, -0.25) is 14.5 Å². The number of H-pyrrole nitrogens is 1. The van der Waals surface area contributed by atoms with E-state index < -0.39 is 24.2 Å². The fourth-order valence-electron chi connectivity index (χ4n) is 3.18. The molecule has 7 nitrogen and oxygen atoms in total. The predicted octanol–water partition coefficient (Wildman–Crippen LogP) is 3.29. The van der Waals surface area contributed by atoms with Gasteiger partial charge in [0.2, 0.25) is 0 Å². The van der Waals surface area contributed by atoms with Crippen molar-refractivity contribution in [2.24, 2.45) is 0 Å². The zero-order valence-corrected chi connectivity index (χ0v) is 14.9. The summed E-state index contributed by atoms with van der Waals surface area (Å²) < 4.78 is 44.7. The van der Waals surface area contributed by atoms with E-state index in [4.69, 9.17) is 0 Å². The molecule has 10 heteroatoms. The molecular weight excluding hydrogens is 389 g/mol. The molecule has 3 aromatic heterocycles. The van der Waals surface area contributed by atoms with Gasteiger partial charge in [0.15, 0.2) is 0 Å². The standard InChI is InChI=1S/C19H13F3N4O3/c1-29-18(28)14-4-2-3-13(24-14)10-5-6-11-15(7-10)26(9-19(20,21)22)17(27)12-8-23-25-16(11)12/h2-8H,9H2,1H3,(H,23,25). The second kappa shape index (κ2) is 6.73. The summed E-state index contributed by atoms with van der Waals surface area (Å²) in [6.45, 7) is -1.44. The van der Waals surface area contributed by atoms with Crippen molar-refractivity contribution in [3.8, 4) is 11.3 Å². The number of halogens is 3. The number of benzene rings is 1. The minimum Gasteiger partial charge on any atom is -0.464 e. The van der Waals surface area contributed by atoms with Crippen LogP contribution in [0, 0.1) is 0 Å². The number of aromatic nitrogens is 4. The molecule has 148 valence electrons. The number of ether oxygens (including phenoxy) is 1. The Bertz CT molecular complexity index is 1310. The van der Waals surface area contributed by atoms with E-state index >= 15 is 0 Å². The van der Waals surface area contributed by atoms with E-state index in [2.05, 4.69) is 19.9 Å². The lowest BCUT2D eigenvalue weighted by Gasteiger charge is -2.14. The summed E-state index contributed by atoms with van der Waals surface area (Å²) in [6.07, 6.45) is -3.38. The summed E-state index contributed by atoms with van der Waals surface area (Å²) in [6, 6.07) is 9.32. The van der Waals surface area contributed by atoms with E-state index in [1.165, 1.54) is 25.4 Å². The normalized spacial score (nSPS) is 11.9. The molecule has 0 aliphatic carbocycles. The third-order valence-electron chi connectivity index (χ3n) is 4.45. The van der Waals surface area contributed by atoms with Gasteiger partial charge >= 0.3 is 12.1 Å². The fraction of sp³-hybridized carbons (Fsp3) is 0.158. The lowest BCUT2D eigenvalue weighted by molar-refractivity contribution is -0.140. The first-order valence-electron chi connectivity index (χ1n) is 8.40. The van der Waals surface area contributed by atoms with Crippen molar-refractivity contribution in [3.63, 3.8) is 0 Å². The number of hydrogen-bond acceptors (Lipinski definition) is 5. The summed E-state index contributed by atoms with van der Waals surface area (Å²) in [5.74, 6) is -0.638. The fourth-order valence-corrected chi connectivity index (χ4v) is 3.18. The second-order valence-corrected chi connectivity index (χ2v) is 6.30. The molecule has 0 aliphatic rings. The van der Waals surface area contributed by atoms with Gasteiger partial charge in [-0.1, -0.05) is 18.2 Å². The highest BCUT2D eigenvalue weighted by molar-refractivity contribution is 6.04. The van der Waals surface area contributed by atoms with Crippen molar-refractivity contribution in [3.05, 3.63) is 58.6 Å². The van der Waals surface area contributed by atoms with Gasteiger partial charge in [-0.05, 0) is 18.2 Å². The number of nitrogens with one attached hydrogen (secondary N) is 1. The molecule has 0 bridgehead atoms. The number of hydrogen-bond donors (Lipinski definition) is 1.